The van der Waals surface area contributed by atoms with Crippen LogP contribution in [-0.4, -0.2) is 43.9 Å². The zero-order valence-corrected chi connectivity index (χ0v) is 17.4. The van der Waals surface area contributed by atoms with E-state index in [0.29, 0.717) is 17.4 Å². The monoisotopic (exact) mass is 403 g/mol. The SMILES string of the molecule is CC(C)N(C)S(=O)(=O)c1ccc(CNCC2CNNC2c2cccnc2)cc1. The van der Waals surface area contributed by atoms with Gasteiger partial charge in [0.05, 0.1) is 10.9 Å². The van der Waals surface area contributed by atoms with E-state index in [-0.39, 0.29) is 12.1 Å². The quantitative estimate of drug-likeness (QED) is 0.622. The van der Waals surface area contributed by atoms with E-state index < -0.39 is 10.0 Å². The summed E-state index contributed by atoms with van der Waals surface area (Å²) in [7, 11) is -1.83. The summed E-state index contributed by atoms with van der Waals surface area (Å²) in [5.41, 5.74) is 8.77. The molecule has 0 aliphatic carbocycles. The van der Waals surface area contributed by atoms with Crippen LogP contribution in [0, 0.1) is 5.92 Å². The highest BCUT2D eigenvalue weighted by Gasteiger charge is 2.28. The van der Waals surface area contributed by atoms with Gasteiger partial charge < -0.3 is 5.32 Å². The fourth-order valence-corrected chi connectivity index (χ4v) is 4.63. The molecule has 8 heteroatoms. The minimum absolute atomic E-state index is 0.0762. The highest BCUT2D eigenvalue weighted by molar-refractivity contribution is 7.89. The Morgan fingerprint density at radius 2 is 2.00 bits per heavy atom. The summed E-state index contributed by atoms with van der Waals surface area (Å²) in [6.07, 6.45) is 3.67. The molecule has 1 aliphatic heterocycles. The van der Waals surface area contributed by atoms with Gasteiger partial charge in [0, 0.05) is 51.0 Å². The van der Waals surface area contributed by atoms with Crippen LogP contribution in [0.3, 0.4) is 0 Å². The number of nitrogens with zero attached hydrogens (tertiary/aromatic N) is 2. The number of sulfonamides is 1. The van der Waals surface area contributed by atoms with Gasteiger partial charge in [-0.15, -0.1) is 0 Å². The third-order valence-corrected chi connectivity index (χ3v) is 7.25. The summed E-state index contributed by atoms with van der Waals surface area (Å²) in [4.78, 5) is 4.53. The molecule has 1 aliphatic rings. The zero-order valence-electron chi connectivity index (χ0n) is 16.6. The van der Waals surface area contributed by atoms with Crippen molar-refractivity contribution in [3.63, 3.8) is 0 Å². The predicted molar refractivity (Wildman–Crippen MR) is 110 cm³/mol. The van der Waals surface area contributed by atoms with Crippen molar-refractivity contribution in [3.8, 4) is 0 Å². The summed E-state index contributed by atoms with van der Waals surface area (Å²) in [5.74, 6) is 0.406. The number of aromatic nitrogens is 1. The molecule has 2 unspecified atom stereocenters. The number of benzene rings is 1. The minimum atomic E-state index is -3.44. The Hall–Kier alpha value is -1.84. The second-order valence-corrected chi connectivity index (χ2v) is 9.44. The van der Waals surface area contributed by atoms with Crippen LogP contribution in [0.1, 0.15) is 31.0 Å². The van der Waals surface area contributed by atoms with Gasteiger partial charge in [-0.1, -0.05) is 18.2 Å². The third-order valence-electron chi connectivity index (χ3n) is 5.20. The third kappa shape index (κ3) is 4.76. The molecule has 1 aromatic heterocycles. The van der Waals surface area contributed by atoms with Gasteiger partial charge in [-0.05, 0) is 43.2 Å². The maximum absolute atomic E-state index is 12.5. The van der Waals surface area contributed by atoms with Gasteiger partial charge in [0.15, 0.2) is 0 Å². The molecule has 3 rings (SSSR count). The molecule has 28 heavy (non-hydrogen) atoms. The van der Waals surface area contributed by atoms with Crippen molar-refractivity contribution in [2.45, 2.75) is 37.4 Å². The minimum Gasteiger partial charge on any atom is -0.312 e. The Bertz CT molecular complexity index is 856. The van der Waals surface area contributed by atoms with Gasteiger partial charge >= 0.3 is 0 Å². The van der Waals surface area contributed by atoms with E-state index in [0.717, 1.165) is 18.7 Å². The van der Waals surface area contributed by atoms with E-state index in [1.54, 1.807) is 25.4 Å². The number of hydrazine groups is 1. The number of pyridine rings is 1. The fourth-order valence-electron chi connectivity index (χ4n) is 3.27. The lowest BCUT2D eigenvalue weighted by atomic mass is 9.96. The Morgan fingerprint density at radius 3 is 2.64 bits per heavy atom. The van der Waals surface area contributed by atoms with Crippen molar-refractivity contribution >= 4 is 10.0 Å². The van der Waals surface area contributed by atoms with Crippen LogP contribution in [0.4, 0.5) is 0 Å². The molecular weight excluding hydrogens is 374 g/mol. The topological polar surface area (TPSA) is 86.4 Å². The maximum atomic E-state index is 12.5. The normalized spacial score (nSPS) is 20.2. The van der Waals surface area contributed by atoms with E-state index in [9.17, 15) is 8.42 Å². The van der Waals surface area contributed by atoms with Crippen molar-refractivity contribution in [2.75, 3.05) is 20.1 Å². The molecule has 0 spiro atoms. The molecule has 2 heterocycles. The average molecular weight is 404 g/mol. The first kappa shape index (κ1) is 20.9. The molecule has 2 atom stereocenters. The van der Waals surface area contributed by atoms with E-state index in [2.05, 4.69) is 27.2 Å². The second-order valence-electron chi connectivity index (χ2n) is 7.44. The zero-order chi connectivity index (χ0) is 20.1. The summed E-state index contributed by atoms with van der Waals surface area (Å²) in [6.45, 7) is 6.14. The summed E-state index contributed by atoms with van der Waals surface area (Å²) in [5, 5.41) is 3.48. The Kier molecular flexibility index (Phi) is 6.79. The highest BCUT2D eigenvalue weighted by atomic mass is 32.2. The average Bonchev–Trinajstić information content (AvgIpc) is 3.17. The fraction of sp³-hybridized carbons (Fsp3) is 0.450. The Balaban J connectivity index is 1.56. The molecule has 3 N–H and O–H groups in total. The van der Waals surface area contributed by atoms with Crippen LogP contribution in [-0.2, 0) is 16.6 Å². The summed E-state index contributed by atoms with van der Waals surface area (Å²) in [6, 6.07) is 11.3. The standard InChI is InChI=1S/C20H29N5O2S/c1-15(2)25(3)28(26,27)19-8-6-16(7-9-19)11-22-13-18-14-23-24-20(18)17-5-4-10-21-12-17/h4-10,12,15,18,20,22-24H,11,13-14H2,1-3H3. The number of rotatable bonds is 8. The largest absolute Gasteiger partial charge is 0.312 e. The first-order chi connectivity index (χ1) is 13.4. The van der Waals surface area contributed by atoms with Crippen molar-refractivity contribution in [1.29, 1.82) is 0 Å². The smallest absolute Gasteiger partial charge is 0.243 e. The Labute approximate surface area is 167 Å². The first-order valence-electron chi connectivity index (χ1n) is 9.55. The summed E-state index contributed by atoms with van der Waals surface area (Å²) < 4.78 is 26.5. The number of hydrogen-bond acceptors (Lipinski definition) is 6. The van der Waals surface area contributed by atoms with E-state index in [4.69, 9.17) is 0 Å². The molecule has 1 saturated heterocycles. The molecule has 0 amide bonds. The van der Waals surface area contributed by atoms with E-state index >= 15 is 0 Å². The van der Waals surface area contributed by atoms with Gasteiger partial charge in [0.25, 0.3) is 0 Å². The van der Waals surface area contributed by atoms with Crippen molar-refractivity contribution in [2.24, 2.45) is 5.92 Å². The van der Waals surface area contributed by atoms with Crippen LogP contribution in [0.2, 0.25) is 0 Å². The van der Waals surface area contributed by atoms with Crippen LogP contribution >= 0.6 is 0 Å². The molecule has 0 bridgehead atoms. The van der Waals surface area contributed by atoms with Gasteiger partial charge in [-0.25, -0.2) is 13.8 Å². The van der Waals surface area contributed by atoms with E-state index in [1.165, 1.54) is 9.87 Å². The van der Waals surface area contributed by atoms with Crippen molar-refractivity contribution in [3.05, 3.63) is 59.9 Å². The predicted octanol–water partition coefficient (Wildman–Crippen LogP) is 1.67. The van der Waals surface area contributed by atoms with Crippen LogP contribution in [0.25, 0.3) is 0 Å². The maximum Gasteiger partial charge on any atom is 0.243 e. The van der Waals surface area contributed by atoms with Crippen LogP contribution < -0.4 is 16.2 Å². The van der Waals surface area contributed by atoms with Gasteiger partial charge in [-0.2, -0.15) is 4.31 Å². The van der Waals surface area contributed by atoms with Crippen molar-refractivity contribution < 1.29 is 8.42 Å². The van der Waals surface area contributed by atoms with E-state index in [1.807, 2.05) is 38.2 Å². The second kappa shape index (κ2) is 9.11. The molecule has 152 valence electrons. The van der Waals surface area contributed by atoms with Gasteiger partial charge in [0.2, 0.25) is 10.0 Å². The number of hydrogen-bond donors (Lipinski definition) is 3. The highest BCUT2D eigenvalue weighted by Crippen LogP contribution is 2.23. The molecule has 1 fully saturated rings. The molecule has 7 nitrogen and oxygen atoms in total. The van der Waals surface area contributed by atoms with Gasteiger partial charge in [-0.3, -0.25) is 10.4 Å². The number of nitrogens with one attached hydrogen (secondary N) is 3. The van der Waals surface area contributed by atoms with Crippen molar-refractivity contribution in [1.82, 2.24) is 25.5 Å². The lowest BCUT2D eigenvalue weighted by Crippen LogP contribution is -2.33. The van der Waals surface area contributed by atoms with Gasteiger partial charge in [0.1, 0.15) is 0 Å². The molecule has 0 radical (unpaired) electrons. The molecule has 1 aromatic carbocycles. The summed E-state index contributed by atoms with van der Waals surface area (Å²) >= 11 is 0. The van der Waals surface area contributed by atoms with Crippen LogP contribution in [0.5, 0.6) is 0 Å². The first-order valence-corrected chi connectivity index (χ1v) is 11.0. The lowest BCUT2D eigenvalue weighted by molar-refractivity contribution is 0.410. The molecular formula is C20H29N5O2S. The Morgan fingerprint density at radius 1 is 1.25 bits per heavy atom. The van der Waals surface area contributed by atoms with Crippen LogP contribution in [0.15, 0.2) is 53.7 Å². The molecule has 2 aromatic rings. The molecule has 0 saturated carbocycles. The lowest BCUT2D eigenvalue weighted by Gasteiger charge is -2.21.